The van der Waals surface area contributed by atoms with E-state index in [1.165, 1.54) is 24.3 Å². The third kappa shape index (κ3) is 7.46. The number of hydrogen-bond acceptors (Lipinski definition) is 5. The van der Waals surface area contributed by atoms with Gasteiger partial charge in [-0.1, -0.05) is 63.1 Å². The minimum Gasteiger partial charge on any atom is -0.452 e. The molecule has 176 valence electrons. The number of rotatable bonds is 8. The van der Waals surface area contributed by atoms with Crippen LogP contribution in [0.4, 0.5) is 5.69 Å². The highest BCUT2D eigenvalue weighted by Crippen LogP contribution is 2.29. The molecule has 0 bridgehead atoms. The zero-order chi connectivity index (χ0) is 23.8. The van der Waals surface area contributed by atoms with Crippen molar-refractivity contribution in [2.45, 2.75) is 39.2 Å². The fraction of sp³-hybridized carbons (Fsp3) is 0.360. The average Bonchev–Trinajstić information content (AvgIpc) is 2.80. The second kappa shape index (κ2) is 11.1. The van der Waals surface area contributed by atoms with Gasteiger partial charge >= 0.3 is 5.97 Å². The van der Waals surface area contributed by atoms with Gasteiger partial charge in [-0.05, 0) is 48.1 Å². The first-order valence-electron chi connectivity index (χ1n) is 11.1. The number of esters is 1. The van der Waals surface area contributed by atoms with E-state index in [1.54, 1.807) is 18.2 Å². The first-order valence-corrected chi connectivity index (χ1v) is 12.6. The number of ether oxygens (including phenoxy) is 1. The highest BCUT2D eigenvalue weighted by Gasteiger charge is 2.28. The van der Waals surface area contributed by atoms with Gasteiger partial charge < -0.3 is 10.1 Å². The molecule has 1 fully saturated rings. The van der Waals surface area contributed by atoms with Gasteiger partial charge in [0, 0.05) is 11.7 Å². The fourth-order valence-electron chi connectivity index (χ4n) is 3.89. The lowest BCUT2D eigenvalue weighted by molar-refractivity contribution is -0.125. The molecule has 0 heterocycles. The van der Waals surface area contributed by atoms with Gasteiger partial charge in [-0.15, -0.1) is 0 Å². The molecule has 3 atom stereocenters. The van der Waals surface area contributed by atoms with Crippen LogP contribution in [0.5, 0.6) is 0 Å². The molecule has 2 aromatic carbocycles. The number of sulfonamides is 1. The lowest BCUT2D eigenvalue weighted by Gasteiger charge is -2.34. The van der Waals surface area contributed by atoms with Crippen LogP contribution < -0.4 is 10.0 Å². The van der Waals surface area contributed by atoms with Crippen molar-refractivity contribution in [3.05, 3.63) is 71.1 Å². The number of nitrogens with one attached hydrogen (secondary N) is 2. The van der Waals surface area contributed by atoms with Gasteiger partial charge in [0.15, 0.2) is 6.61 Å². The van der Waals surface area contributed by atoms with Crippen molar-refractivity contribution >= 4 is 33.7 Å². The average molecular weight is 471 g/mol. The zero-order valence-electron chi connectivity index (χ0n) is 18.9. The van der Waals surface area contributed by atoms with Crippen molar-refractivity contribution in [2.75, 3.05) is 11.3 Å². The van der Waals surface area contributed by atoms with Crippen LogP contribution >= 0.6 is 0 Å². The summed E-state index contributed by atoms with van der Waals surface area (Å²) >= 11 is 0. The van der Waals surface area contributed by atoms with Gasteiger partial charge in [-0.2, -0.15) is 0 Å². The molecule has 1 amide bonds. The molecule has 2 N–H and O–H groups in total. The first-order chi connectivity index (χ1) is 15.7. The predicted octanol–water partition coefficient (Wildman–Crippen LogP) is 4.20. The Hall–Kier alpha value is -3.13. The monoisotopic (exact) mass is 470 g/mol. The van der Waals surface area contributed by atoms with Gasteiger partial charge in [0.2, 0.25) is 0 Å². The fourth-order valence-corrected chi connectivity index (χ4v) is 4.75. The molecule has 0 spiro atoms. The van der Waals surface area contributed by atoms with Crippen LogP contribution in [0.2, 0.25) is 0 Å². The molecule has 1 aliphatic carbocycles. The summed E-state index contributed by atoms with van der Waals surface area (Å²) in [4.78, 5) is 24.6. The molecule has 2 aromatic rings. The van der Waals surface area contributed by atoms with E-state index in [2.05, 4.69) is 23.9 Å². The SMILES string of the molecule is C[C@@H]1[C@@H](C)CCC[C@H]1NC(=O)COC(=O)c1cccc(NS(=O)(=O)/C=C/c2ccccc2)c1. The first kappa shape index (κ1) is 24.5. The Morgan fingerprint density at radius 3 is 2.58 bits per heavy atom. The Balaban J connectivity index is 1.54. The lowest BCUT2D eigenvalue weighted by atomic mass is 9.78. The topological polar surface area (TPSA) is 102 Å². The highest BCUT2D eigenvalue weighted by molar-refractivity contribution is 7.95. The Morgan fingerprint density at radius 2 is 1.82 bits per heavy atom. The van der Waals surface area contributed by atoms with Crippen molar-refractivity contribution in [3.8, 4) is 0 Å². The number of carbonyl (C=O) groups is 2. The summed E-state index contributed by atoms with van der Waals surface area (Å²) < 4.78 is 32.2. The van der Waals surface area contributed by atoms with E-state index in [-0.39, 0.29) is 29.8 Å². The molecule has 0 radical (unpaired) electrons. The Kier molecular flexibility index (Phi) is 8.27. The predicted molar refractivity (Wildman–Crippen MR) is 129 cm³/mol. The van der Waals surface area contributed by atoms with Crippen molar-refractivity contribution in [1.82, 2.24) is 5.32 Å². The van der Waals surface area contributed by atoms with Gasteiger partial charge in [0.1, 0.15) is 0 Å². The number of benzene rings is 2. The van der Waals surface area contributed by atoms with Crippen LogP contribution in [-0.4, -0.2) is 32.9 Å². The molecule has 0 unspecified atom stereocenters. The third-order valence-corrected chi connectivity index (χ3v) is 7.00. The normalized spacial score (nSPS) is 20.8. The summed E-state index contributed by atoms with van der Waals surface area (Å²) in [5.74, 6) is -0.118. The smallest absolute Gasteiger partial charge is 0.338 e. The molecule has 3 rings (SSSR count). The van der Waals surface area contributed by atoms with E-state index >= 15 is 0 Å². The van der Waals surface area contributed by atoms with Crippen molar-refractivity contribution in [3.63, 3.8) is 0 Å². The van der Waals surface area contributed by atoms with E-state index in [0.29, 0.717) is 11.8 Å². The highest BCUT2D eigenvalue weighted by atomic mass is 32.2. The summed E-state index contributed by atoms with van der Waals surface area (Å²) in [6.45, 7) is 3.93. The van der Waals surface area contributed by atoms with Crippen LogP contribution in [0.3, 0.4) is 0 Å². The van der Waals surface area contributed by atoms with Crippen LogP contribution in [-0.2, 0) is 19.6 Å². The number of amides is 1. The van der Waals surface area contributed by atoms with Crippen LogP contribution in [0.15, 0.2) is 60.0 Å². The van der Waals surface area contributed by atoms with Gasteiger partial charge in [-0.3, -0.25) is 9.52 Å². The van der Waals surface area contributed by atoms with E-state index in [0.717, 1.165) is 30.2 Å². The molecule has 1 aliphatic rings. The Morgan fingerprint density at radius 1 is 1.06 bits per heavy atom. The maximum Gasteiger partial charge on any atom is 0.338 e. The maximum atomic E-state index is 12.4. The molecular weight excluding hydrogens is 440 g/mol. The van der Waals surface area contributed by atoms with Crippen LogP contribution in [0.1, 0.15) is 49.0 Å². The zero-order valence-corrected chi connectivity index (χ0v) is 19.7. The second-order valence-corrected chi connectivity index (χ2v) is 10.0. The van der Waals surface area contributed by atoms with Gasteiger partial charge in [0.25, 0.3) is 15.9 Å². The lowest BCUT2D eigenvalue weighted by Crippen LogP contribution is -2.45. The van der Waals surface area contributed by atoms with Crippen molar-refractivity contribution in [2.24, 2.45) is 11.8 Å². The van der Waals surface area contributed by atoms with Crippen molar-refractivity contribution in [1.29, 1.82) is 0 Å². The molecule has 7 nitrogen and oxygen atoms in total. The molecule has 0 aromatic heterocycles. The summed E-state index contributed by atoms with van der Waals surface area (Å²) in [6, 6.07) is 15.1. The van der Waals surface area contributed by atoms with Gasteiger partial charge in [0.05, 0.1) is 11.0 Å². The second-order valence-electron chi connectivity index (χ2n) is 8.46. The number of hydrogen-bond donors (Lipinski definition) is 2. The Bertz CT molecular complexity index is 1100. The molecule has 1 saturated carbocycles. The third-order valence-electron chi connectivity index (χ3n) is 5.99. The molecule has 8 heteroatoms. The summed E-state index contributed by atoms with van der Waals surface area (Å²) in [5.41, 5.74) is 1.11. The van der Waals surface area contributed by atoms with E-state index in [9.17, 15) is 18.0 Å². The molecule has 33 heavy (non-hydrogen) atoms. The van der Waals surface area contributed by atoms with E-state index < -0.39 is 16.0 Å². The Labute approximate surface area is 195 Å². The summed E-state index contributed by atoms with van der Waals surface area (Å²) in [7, 11) is -3.77. The standard InChI is InChI=1S/C25H30N2O5S/c1-18-8-6-13-23(19(18)2)26-24(28)17-32-25(29)21-11-7-12-22(16-21)27-33(30,31)15-14-20-9-4-3-5-10-20/h3-5,7,9-12,14-16,18-19,23,27H,6,8,13,17H2,1-2H3,(H,26,28)/b15-14+/t18-,19+,23+/m0/s1. The van der Waals surface area contributed by atoms with E-state index in [4.69, 9.17) is 4.74 Å². The van der Waals surface area contributed by atoms with Crippen molar-refractivity contribution < 1.29 is 22.7 Å². The van der Waals surface area contributed by atoms with E-state index in [1.807, 2.05) is 18.2 Å². The minimum atomic E-state index is -3.77. The molecule has 0 aliphatic heterocycles. The summed E-state index contributed by atoms with van der Waals surface area (Å²) in [6.07, 6.45) is 4.63. The number of anilines is 1. The molecular formula is C25H30N2O5S. The van der Waals surface area contributed by atoms with Crippen LogP contribution in [0.25, 0.3) is 6.08 Å². The maximum absolute atomic E-state index is 12.4. The van der Waals surface area contributed by atoms with Gasteiger partial charge in [-0.25, -0.2) is 13.2 Å². The molecule has 0 saturated heterocycles. The van der Waals surface area contributed by atoms with Crippen LogP contribution in [0, 0.1) is 11.8 Å². The quantitative estimate of drug-likeness (QED) is 0.563. The minimum absolute atomic E-state index is 0.0848. The summed E-state index contributed by atoms with van der Waals surface area (Å²) in [5, 5.41) is 4.02. The largest absolute Gasteiger partial charge is 0.452 e. The number of carbonyl (C=O) groups excluding carboxylic acids is 2.